The predicted octanol–water partition coefficient (Wildman–Crippen LogP) is 2.23. The molecule has 1 amide bonds. The van der Waals surface area contributed by atoms with Gasteiger partial charge in [-0.15, -0.1) is 0 Å². The first-order valence-electron chi connectivity index (χ1n) is 8.38. The number of hydrogen-bond donors (Lipinski definition) is 1. The Hall–Kier alpha value is -1.04. The summed E-state index contributed by atoms with van der Waals surface area (Å²) in [5.41, 5.74) is 0.650. The molecule has 1 saturated heterocycles. The number of nitrogens with zero attached hydrogens (tertiary/aromatic N) is 3. The summed E-state index contributed by atoms with van der Waals surface area (Å²) in [7, 11) is 1.85. The van der Waals surface area contributed by atoms with Gasteiger partial charge in [-0.3, -0.25) is 9.69 Å². The van der Waals surface area contributed by atoms with Crippen molar-refractivity contribution >= 4 is 17.5 Å². The van der Waals surface area contributed by atoms with Crippen LogP contribution in [0.3, 0.4) is 0 Å². The van der Waals surface area contributed by atoms with E-state index < -0.39 is 0 Å². The van der Waals surface area contributed by atoms with Gasteiger partial charge >= 0.3 is 0 Å². The lowest BCUT2D eigenvalue weighted by molar-refractivity contribution is 0.0635. The number of aliphatic hydroxyl groups is 1. The van der Waals surface area contributed by atoms with Gasteiger partial charge in [0.25, 0.3) is 5.91 Å². The number of carbonyl (C=O) groups excluding carboxylic acids is 1. The normalized spacial score (nSPS) is 16.6. The van der Waals surface area contributed by atoms with Crippen LogP contribution in [0.15, 0.2) is 12.3 Å². The van der Waals surface area contributed by atoms with E-state index in [0.717, 1.165) is 39.0 Å². The number of aliphatic hydroxyl groups excluding tert-OH is 1. The Morgan fingerprint density at radius 1 is 1.43 bits per heavy atom. The van der Waals surface area contributed by atoms with Gasteiger partial charge in [0.2, 0.25) is 0 Å². The van der Waals surface area contributed by atoms with Crippen LogP contribution in [0.1, 0.15) is 37.2 Å². The van der Waals surface area contributed by atoms with Crippen LogP contribution in [0.4, 0.5) is 0 Å². The van der Waals surface area contributed by atoms with E-state index in [1.807, 2.05) is 11.9 Å². The number of piperidine rings is 1. The van der Waals surface area contributed by atoms with E-state index in [1.54, 1.807) is 16.8 Å². The third-order valence-electron chi connectivity index (χ3n) is 4.70. The molecule has 0 radical (unpaired) electrons. The van der Waals surface area contributed by atoms with Gasteiger partial charge < -0.3 is 14.6 Å². The van der Waals surface area contributed by atoms with Crippen molar-refractivity contribution in [3.05, 3.63) is 23.0 Å². The number of aromatic nitrogens is 1. The number of rotatable bonds is 6. The minimum absolute atomic E-state index is 0.0638. The molecule has 130 valence electrons. The molecule has 0 spiro atoms. The summed E-state index contributed by atoms with van der Waals surface area (Å²) >= 11 is 5.97. The number of amides is 1. The molecule has 0 atom stereocenters. The lowest BCUT2D eigenvalue weighted by Gasteiger charge is -2.36. The molecule has 2 rings (SSSR count). The average Bonchev–Trinajstić information content (AvgIpc) is 2.85. The van der Waals surface area contributed by atoms with Gasteiger partial charge in [0.1, 0.15) is 5.69 Å². The largest absolute Gasteiger partial charge is 0.395 e. The second-order valence-corrected chi connectivity index (χ2v) is 7.14. The van der Waals surface area contributed by atoms with Gasteiger partial charge in [0, 0.05) is 45.5 Å². The van der Waals surface area contributed by atoms with Crippen LogP contribution in [0.5, 0.6) is 0 Å². The quantitative estimate of drug-likeness (QED) is 0.863. The highest BCUT2D eigenvalue weighted by Gasteiger charge is 2.26. The Balaban J connectivity index is 1.88. The van der Waals surface area contributed by atoms with Crippen molar-refractivity contribution in [3.8, 4) is 0 Å². The topological polar surface area (TPSA) is 48.7 Å². The summed E-state index contributed by atoms with van der Waals surface area (Å²) in [4.78, 5) is 16.8. The minimum atomic E-state index is 0.0638. The van der Waals surface area contributed by atoms with E-state index in [4.69, 9.17) is 11.6 Å². The summed E-state index contributed by atoms with van der Waals surface area (Å²) in [5, 5.41) is 9.78. The Bertz CT molecular complexity index is 522. The zero-order chi connectivity index (χ0) is 17.0. The molecule has 23 heavy (non-hydrogen) atoms. The fraction of sp³-hybridized carbons (Fsp3) is 0.706. The van der Waals surface area contributed by atoms with Crippen molar-refractivity contribution in [2.24, 2.45) is 13.0 Å². The van der Waals surface area contributed by atoms with Crippen molar-refractivity contribution in [1.82, 2.24) is 14.4 Å². The molecule has 1 aromatic heterocycles. The van der Waals surface area contributed by atoms with E-state index in [0.29, 0.717) is 22.7 Å². The van der Waals surface area contributed by atoms with Gasteiger partial charge in [-0.05, 0) is 38.7 Å². The molecule has 0 bridgehead atoms. The van der Waals surface area contributed by atoms with Gasteiger partial charge in [0.15, 0.2) is 0 Å². The third kappa shape index (κ3) is 4.72. The second-order valence-electron chi connectivity index (χ2n) is 6.70. The summed E-state index contributed by atoms with van der Waals surface area (Å²) in [6.07, 6.45) is 3.79. The van der Waals surface area contributed by atoms with Crippen molar-refractivity contribution in [2.45, 2.75) is 32.7 Å². The van der Waals surface area contributed by atoms with Gasteiger partial charge in [-0.1, -0.05) is 11.6 Å². The van der Waals surface area contributed by atoms with Crippen LogP contribution >= 0.6 is 11.6 Å². The van der Waals surface area contributed by atoms with Crippen LogP contribution in [-0.2, 0) is 7.05 Å². The lowest BCUT2D eigenvalue weighted by Crippen LogP contribution is -2.44. The lowest BCUT2D eigenvalue weighted by atomic mass is 9.95. The molecular formula is C17H28ClN3O2. The van der Waals surface area contributed by atoms with Crippen LogP contribution in [-0.4, -0.2) is 64.2 Å². The smallest absolute Gasteiger partial charge is 0.270 e. The first kappa shape index (κ1) is 18.3. The fourth-order valence-corrected chi connectivity index (χ4v) is 3.49. The van der Waals surface area contributed by atoms with Gasteiger partial charge in [-0.25, -0.2) is 0 Å². The zero-order valence-electron chi connectivity index (χ0n) is 14.3. The Labute approximate surface area is 143 Å². The van der Waals surface area contributed by atoms with Crippen molar-refractivity contribution in [1.29, 1.82) is 0 Å². The van der Waals surface area contributed by atoms with E-state index in [9.17, 15) is 9.90 Å². The van der Waals surface area contributed by atoms with E-state index in [-0.39, 0.29) is 12.5 Å². The van der Waals surface area contributed by atoms with Crippen molar-refractivity contribution in [3.63, 3.8) is 0 Å². The standard InChI is InChI=1S/C17H28ClN3O2/c1-13(2)21(8-9-22)11-14-4-6-20(7-5-14)17(23)16-10-15(18)12-19(16)3/h10,12-14,22H,4-9,11H2,1-3H3. The maximum atomic E-state index is 12.6. The molecule has 2 heterocycles. The third-order valence-corrected chi connectivity index (χ3v) is 4.91. The van der Waals surface area contributed by atoms with Crippen LogP contribution in [0, 0.1) is 5.92 Å². The zero-order valence-corrected chi connectivity index (χ0v) is 15.1. The van der Waals surface area contributed by atoms with Crippen molar-refractivity contribution < 1.29 is 9.90 Å². The molecule has 1 fully saturated rings. The summed E-state index contributed by atoms with van der Waals surface area (Å²) in [5.74, 6) is 0.652. The molecule has 0 aliphatic carbocycles. The highest BCUT2D eigenvalue weighted by atomic mass is 35.5. The molecular weight excluding hydrogens is 314 g/mol. The maximum absolute atomic E-state index is 12.6. The highest BCUT2D eigenvalue weighted by molar-refractivity contribution is 6.31. The van der Waals surface area contributed by atoms with Crippen LogP contribution in [0.25, 0.3) is 0 Å². The highest BCUT2D eigenvalue weighted by Crippen LogP contribution is 2.22. The average molecular weight is 342 g/mol. The molecule has 1 aromatic rings. The predicted molar refractivity (Wildman–Crippen MR) is 92.8 cm³/mol. The number of halogens is 1. The molecule has 1 aliphatic heterocycles. The maximum Gasteiger partial charge on any atom is 0.270 e. The molecule has 6 heteroatoms. The Morgan fingerprint density at radius 2 is 2.09 bits per heavy atom. The van der Waals surface area contributed by atoms with Crippen molar-refractivity contribution in [2.75, 3.05) is 32.8 Å². The van der Waals surface area contributed by atoms with E-state index in [2.05, 4.69) is 18.7 Å². The number of hydrogen-bond acceptors (Lipinski definition) is 3. The monoisotopic (exact) mass is 341 g/mol. The second kappa shape index (κ2) is 8.18. The number of aryl methyl sites for hydroxylation is 1. The molecule has 0 unspecified atom stereocenters. The summed E-state index contributed by atoms with van der Waals surface area (Å²) in [6.45, 7) is 7.81. The van der Waals surface area contributed by atoms with Gasteiger partial charge in [-0.2, -0.15) is 0 Å². The summed E-state index contributed by atoms with van der Waals surface area (Å²) in [6, 6.07) is 2.17. The molecule has 1 N–H and O–H groups in total. The van der Waals surface area contributed by atoms with E-state index in [1.165, 1.54) is 0 Å². The minimum Gasteiger partial charge on any atom is -0.395 e. The Kier molecular flexibility index (Phi) is 6.50. The van der Waals surface area contributed by atoms with Crippen LogP contribution < -0.4 is 0 Å². The van der Waals surface area contributed by atoms with E-state index >= 15 is 0 Å². The SMILES string of the molecule is CC(C)N(CCO)CC1CCN(C(=O)c2cc(Cl)cn2C)CC1. The number of carbonyl (C=O) groups is 1. The van der Waals surface area contributed by atoms with Gasteiger partial charge in [0.05, 0.1) is 11.6 Å². The molecule has 1 aliphatic rings. The first-order valence-corrected chi connectivity index (χ1v) is 8.76. The number of likely N-dealkylation sites (tertiary alicyclic amines) is 1. The van der Waals surface area contributed by atoms with Crippen LogP contribution in [0.2, 0.25) is 5.02 Å². The molecule has 0 aromatic carbocycles. The molecule has 5 nitrogen and oxygen atoms in total. The Morgan fingerprint density at radius 3 is 2.57 bits per heavy atom. The first-order chi connectivity index (χ1) is 10.9. The molecule has 0 saturated carbocycles. The summed E-state index contributed by atoms with van der Waals surface area (Å²) < 4.78 is 1.79. The fourth-order valence-electron chi connectivity index (χ4n) is 3.24.